The lowest BCUT2D eigenvalue weighted by Crippen LogP contribution is -2.01. The lowest BCUT2D eigenvalue weighted by molar-refractivity contribution is 0.395. The molecule has 0 aromatic rings. The van der Waals surface area contributed by atoms with Crippen molar-refractivity contribution in [1.29, 1.82) is 0 Å². The summed E-state index contributed by atoms with van der Waals surface area (Å²) in [5.41, 5.74) is 0.937. The molecule has 1 aliphatic carbocycles. The van der Waals surface area contributed by atoms with Crippen LogP contribution in [-0.4, -0.2) is 16.6 Å². The fourth-order valence-corrected chi connectivity index (χ4v) is 1.25. The van der Waals surface area contributed by atoms with Crippen molar-refractivity contribution >= 4 is 11.8 Å². The minimum Gasteiger partial charge on any atom is -0.511 e. The molecule has 2 heteroatoms. The van der Waals surface area contributed by atoms with Gasteiger partial charge in [-0.3, -0.25) is 0 Å². The number of rotatable bonds is 2. The maximum atomic E-state index is 9.57. The quantitative estimate of drug-likeness (QED) is 0.640. The van der Waals surface area contributed by atoms with Gasteiger partial charge in [0.25, 0.3) is 0 Å². The van der Waals surface area contributed by atoms with Gasteiger partial charge in [-0.15, -0.1) is 0 Å². The third-order valence-corrected chi connectivity index (χ3v) is 2.63. The van der Waals surface area contributed by atoms with Crippen molar-refractivity contribution in [2.24, 2.45) is 0 Å². The van der Waals surface area contributed by atoms with Gasteiger partial charge in [0.15, 0.2) is 0 Å². The van der Waals surface area contributed by atoms with Crippen LogP contribution in [0.1, 0.15) is 6.92 Å². The van der Waals surface area contributed by atoms with Gasteiger partial charge in [-0.05, 0) is 13.2 Å². The first-order chi connectivity index (χ1) is 5.25. The van der Waals surface area contributed by atoms with E-state index in [0.717, 1.165) is 5.57 Å². The number of allylic oxidation sites excluding steroid dienone is 5. The van der Waals surface area contributed by atoms with E-state index < -0.39 is 0 Å². The zero-order valence-electron chi connectivity index (χ0n) is 6.74. The molecule has 11 heavy (non-hydrogen) atoms. The largest absolute Gasteiger partial charge is 0.511 e. The summed E-state index contributed by atoms with van der Waals surface area (Å²) in [7, 11) is 0. The van der Waals surface area contributed by atoms with E-state index in [1.807, 2.05) is 37.5 Å². The van der Waals surface area contributed by atoms with E-state index in [-0.39, 0.29) is 5.25 Å². The Morgan fingerprint density at radius 3 is 2.45 bits per heavy atom. The molecular formula is C9H12OS. The SMILES string of the molecule is CSC(C)C(O)=C1C=CC=C1. The molecule has 0 amide bonds. The fraction of sp³-hybridized carbons (Fsp3) is 0.333. The Morgan fingerprint density at radius 2 is 2.00 bits per heavy atom. The molecule has 0 saturated heterocycles. The summed E-state index contributed by atoms with van der Waals surface area (Å²) in [6, 6.07) is 0. The van der Waals surface area contributed by atoms with Gasteiger partial charge in [-0.2, -0.15) is 11.8 Å². The van der Waals surface area contributed by atoms with Crippen LogP contribution in [-0.2, 0) is 0 Å². The summed E-state index contributed by atoms with van der Waals surface area (Å²) in [6.07, 6.45) is 9.69. The molecule has 1 rings (SSSR count). The van der Waals surface area contributed by atoms with Gasteiger partial charge in [0.2, 0.25) is 0 Å². The van der Waals surface area contributed by atoms with E-state index in [4.69, 9.17) is 0 Å². The average Bonchev–Trinajstić information content (AvgIpc) is 2.53. The highest BCUT2D eigenvalue weighted by atomic mass is 32.2. The number of hydrogen-bond acceptors (Lipinski definition) is 2. The van der Waals surface area contributed by atoms with Crippen LogP contribution in [0.4, 0.5) is 0 Å². The Balaban J connectivity index is 2.78. The van der Waals surface area contributed by atoms with Gasteiger partial charge in [-0.25, -0.2) is 0 Å². The molecular weight excluding hydrogens is 156 g/mol. The summed E-state index contributed by atoms with van der Waals surface area (Å²) < 4.78 is 0. The number of thioether (sulfide) groups is 1. The van der Waals surface area contributed by atoms with Crippen LogP contribution in [0.25, 0.3) is 0 Å². The number of aliphatic hydroxyl groups excluding tert-OH is 1. The summed E-state index contributed by atoms with van der Waals surface area (Å²) in [6.45, 7) is 1.99. The van der Waals surface area contributed by atoms with E-state index in [0.29, 0.717) is 5.76 Å². The molecule has 1 atom stereocenters. The monoisotopic (exact) mass is 168 g/mol. The molecule has 0 fully saturated rings. The van der Waals surface area contributed by atoms with E-state index in [9.17, 15) is 5.11 Å². The summed E-state index contributed by atoms with van der Waals surface area (Å²) in [5.74, 6) is 0.475. The van der Waals surface area contributed by atoms with Gasteiger partial charge in [0.05, 0.1) is 5.25 Å². The third-order valence-electron chi connectivity index (χ3n) is 1.70. The van der Waals surface area contributed by atoms with Crippen molar-refractivity contribution in [3.8, 4) is 0 Å². The highest BCUT2D eigenvalue weighted by Gasteiger charge is 2.09. The molecule has 0 heterocycles. The molecule has 0 aromatic carbocycles. The van der Waals surface area contributed by atoms with Crippen molar-refractivity contribution in [2.75, 3.05) is 6.26 Å². The van der Waals surface area contributed by atoms with Crippen LogP contribution in [0.2, 0.25) is 0 Å². The van der Waals surface area contributed by atoms with Crippen LogP contribution in [0.15, 0.2) is 35.6 Å². The smallest absolute Gasteiger partial charge is 0.112 e. The molecule has 1 aliphatic rings. The Kier molecular flexibility index (Phi) is 2.83. The van der Waals surface area contributed by atoms with Crippen molar-refractivity contribution in [2.45, 2.75) is 12.2 Å². The van der Waals surface area contributed by atoms with Crippen molar-refractivity contribution in [3.63, 3.8) is 0 Å². The lowest BCUT2D eigenvalue weighted by atomic mass is 10.2. The lowest BCUT2D eigenvalue weighted by Gasteiger charge is -2.08. The Bertz CT molecular complexity index is 212. The van der Waals surface area contributed by atoms with Crippen LogP contribution in [0.3, 0.4) is 0 Å². The first-order valence-electron chi connectivity index (χ1n) is 3.56. The van der Waals surface area contributed by atoms with Crippen LogP contribution < -0.4 is 0 Å². The topological polar surface area (TPSA) is 20.2 Å². The highest BCUT2D eigenvalue weighted by molar-refractivity contribution is 7.99. The van der Waals surface area contributed by atoms with E-state index in [1.165, 1.54) is 0 Å². The zero-order chi connectivity index (χ0) is 8.27. The Morgan fingerprint density at radius 1 is 1.45 bits per heavy atom. The molecule has 60 valence electrons. The van der Waals surface area contributed by atoms with Crippen molar-refractivity contribution in [1.82, 2.24) is 0 Å². The second-order valence-corrected chi connectivity index (χ2v) is 3.62. The van der Waals surface area contributed by atoms with Gasteiger partial charge in [0.1, 0.15) is 5.76 Å². The maximum absolute atomic E-state index is 9.57. The number of hydrogen-bond donors (Lipinski definition) is 1. The molecule has 0 aliphatic heterocycles. The Labute approximate surface area is 71.5 Å². The van der Waals surface area contributed by atoms with Gasteiger partial charge >= 0.3 is 0 Å². The van der Waals surface area contributed by atoms with Gasteiger partial charge < -0.3 is 5.11 Å². The van der Waals surface area contributed by atoms with Crippen molar-refractivity contribution < 1.29 is 5.11 Å². The standard InChI is InChI=1S/C9H12OS/c1-7(11-2)9(10)8-5-3-4-6-8/h3-7,10H,1-2H3. The Hall–Kier alpha value is -0.630. The van der Waals surface area contributed by atoms with Crippen LogP contribution in [0.5, 0.6) is 0 Å². The molecule has 0 saturated carbocycles. The molecule has 0 bridgehead atoms. The summed E-state index contributed by atoms with van der Waals surface area (Å²) >= 11 is 1.64. The zero-order valence-corrected chi connectivity index (χ0v) is 7.56. The summed E-state index contributed by atoms with van der Waals surface area (Å²) in [4.78, 5) is 0. The second kappa shape index (κ2) is 3.67. The van der Waals surface area contributed by atoms with Crippen LogP contribution in [0, 0.1) is 0 Å². The molecule has 0 spiro atoms. The number of aliphatic hydroxyl groups is 1. The van der Waals surface area contributed by atoms with Gasteiger partial charge in [-0.1, -0.05) is 24.3 Å². The minimum atomic E-state index is 0.192. The molecule has 1 N–H and O–H groups in total. The first kappa shape index (κ1) is 8.47. The molecule has 0 aromatic heterocycles. The third kappa shape index (κ3) is 1.90. The van der Waals surface area contributed by atoms with E-state index >= 15 is 0 Å². The first-order valence-corrected chi connectivity index (χ1v) is 4.85. The van der Waals surface area contributed by atoms with Gasteiger partial charge in [0, 0.05) is 5.57 Å². The minimum absolute atomic E-state index is 0.192. The second-order valence-electron chi connectivity index (χ2n) is 2.44. The summed E-state index contributed by atoms with van der Waals surface area (Å²) in [5, 5.41) is 9.77. The highest BCUT2D eigenvalue weighted by Crippen LogP contribution is 2.20. The van der Waals surface area contributed by atoms with Crippen molar-refractivity contribution in [3.05, 3.63) is 35.6 Å². The molecule has 1 nitrogen and oxygen atoms in total. The fourth-order valence-electron chi connectivity index (χ4n) is 0.891. The predicted molar refractivity (Wildman–Crippen MR) is 50.9 cm³/mol. The average molecular weight is 168 g/mol. The molecule has 1 unspecified atom stereocenters. The molecule has 0 radical (unpaired) electrons. The maximum Gasteiger partial charge on any atom is 0.112 e. The van der Waals surface area contributed by atoms with E-state index in [1.54, 1.807) is 11.8 Å². The predicted octanol–water partition coefficient (Wildman–Crippen LogP) is 2.68. The van der Waals surface area contributed by atoms with E-state index in [2.05, 4.69) is 0 Å². The normalized spacial score (nSPS) is 17.5. The van der Waals surface area contributed by atoms with Crippen LogP contribution >= 0.6 is 11.8 Å².